The van der Waals surface area contributed by atoms with Crippen molar-refractivity contribution in [3.05, 3.63) is 35.4 Å². The van der Waals surface area contributed by atoms with Crippen LogP contribution in [-0.4, -0.2) is 24.4 Å². The van der Waals surface area contributed by atoms with E-state index in [1.807, 2.05) is 41.5 Å². The molecule has 0 N–H and O–H groups in total. The maximum absolute atomic E-state index is 5.40. The highest BCUT2D eigenvalue weighted by molar-refractivity contribution is 5.38. The Morgan fingerprint density at radius 1 is 0.567 bits per heavy atom. The predicted molar refractivity (Wildman–Crippen MR) is 125 cm³/mol. The topological polar surface area (TPSA) is 36.9 Å². The highest BCUT2D eigenvalue weighted by Gasteiger charge is 2.30. The maximum atomic E-state index is 5.40. The van der Waals surface area contributed by atoms with Crippen molar-refractivity contribution in [3.63, 3.8) is 0 Å². The predicted octanol–water partition coefficient (Wildman–Crippen LogP) is 7.30. The Balaban J connectivity index is 2.69. The van der Waals surface area contributed by atoms with Crippen LogP contribution < -0.4 is 0 Å². The zero-order valence-corrected chi connectivity index (χ0v) is 21.2. The van der Waals surface area contributed by atoms with Gasteiger partial charge in [0, 0.05) is 0 Å². The third-order valence-corrected chi connectivity index (χ3v) is 5.06. The van der Waals surface area contributed by atoms with E-state index in [2.05, 4.69) is 52.0 Å². The second kappa shape index (κ2) is 11.1. The minimum absolute atomic E-state index is 0.0603. The van der Waals surface area contributed by atoms with E-state index in [9.17, 15) is 0 Å². The first-order valence-corrected chi connectivity index (χ1v) is 11.4. The summed E-state index contributed by atoms with van der Waals surface area (Å²) in [6, 6.07) is 8.86. The molecule has 0 aliphatic carbocycles. The molecule has 1 aromatic carbocycles. The van der Waals surface area contributed by atoms with Crippen LogP contribution in [0.2, 0.25) is 0 Å². The number of hydrogen-bond donors (Lipinski definition) is 0. The van der Waals surface area contributed by atoms with Gasteiger partial charge in [-0.3, -0.25) is 0 Å². The van der Waals surface area contributed by atoms with E-state index in [1.165, 1.54) is 11.1 Å². The van der Waals surface area contributed by atoms with Crippen LogP contribution in [0.25, 0.3) is 0 Å². The summed E-state index contributed by atoms with van der Waals surface area (Å²) in [5.74, 6) is 0. The van der Waals surface area contributed by atoms with Gasteiger partial charge in [0.15, 0.2) is 0 Å². The van der Waals surface area contributed by atoms with Crippen LogP contribution in [0.3, 0.4) is 0 Å². The number of benzene rings is 1. The van der Waals surface area contributed by atoms with E-state index in [0.717, 1.165) is 25.7 Å². The largest absolute Gasteiger partial charge is 0.236 e. The molecule has 4 nitrogen and oxygen atoms in total. The molecule has 0 spiro atoms. The number of hydrogen-bond acceptors (Lipinski definition) is 4. The molecular weight excluding hydrogens is 376 g/mol. The van der Waals surface area contributed by atoms with Gasteiger partial charge in [0.05, 0.1) is 24.4 Å². The van der Waals surface area contributed by atoms with Gasteiger partial charge in [-0.15, -0.1) is 0 Å². The summed E-state index contributed by atoms with van der Waals surface area (Å²) in [4.78, 5) is 21.6. The summed E-state index contributed by atoms with van der Waals surface area (Å²) < 4.78 is 0. The smallest absolute Gasteiger partial charge is 0.0952 e. The Bertz CT molecular complexity index is 566. The van der Waals surface area contributed by atoms with Gasteiger partial charge in [-0.2, -0.15) is 0 Å². The average molecular weight is 423 g/mol. The van der Waals surface area contributed by atoms with E-state index in [1.54, 1.807) is 0 Å². The molecule has 174 valence electrons. The lowest BCUT2D eigenvalue weighted by Crippen LogP contribution is -2.27. The second-order valence-corrected chi connectivity index (χ2v) is 11.6. The second-order valence-electron chi connectivity index (χ2n) is 11.6. The molecule has 4 heteroatoms. The van der Waals surface area contributed by atoms with E-state index >= 15 is 0 Å². The van der Waals surface area contributed by atoms with Crippen LogP contribution in [0.5, 0.6) is 0 Å². The molecule has 0 heterocycles. The first-order valence-electron chi connectivity index (χ1n) is 11.4. The Labute approximate surface area is 185 Å². The molecule has 0 saturated heterocycles. The minimum Gasteiger partial charge on any atom is -0.236 e. The standard InChI is InChI=1S/C26H46O4/c1-23(2,3)29-27-19-13-17-25(7,8)21-15-11-12-16-22(21)26(9,10)18-14-20-28-30-24(4,5)6/h11-12,15-16H,13-14,17-20H2,1-10H3. The molecule has 0 saturated carbocycles. The summed E-state index contributed by atoms with van der Waals surface area (Å²) in [6.07, 6.45) is 3.98. The van der Waals surface area contributed by atoms with Crippen molar-refractivity contribution in [2.24, 2.45) is 0 Å². The molecule has 1 rings (SSSR count). The van der Waals surface area contributed by atoms with Crippen molar-refractivity contribution < 1.29 is 19.6 Å². The SMILES string of the molecule is CC(C)(C)OOCCCC(C)(C)c1ccccc1C(C)(C)CCCOOC(C)(C)C. The fourth-order valence-corrected chi connectivity index (χ4v) is 3.52. The molecule has 30 heavy (non-hydrogen) atoms. The fourth-order valence-electron chi connectivity index (χ4n) is 3.52. The molecule has 0 radical (unpaired) electrons. The Morgan fingerprint density at radius 3 is 1.20 bits per heavy atom. The molecule has 0 aliphatic rings. The molecule has 0 atom stereocenters. The van der Waals surface area contributed by atoms with Gasteiger partial charge < -0.3 is 0 Å². The first-order chi connectivity index (χ1) is 13.6. The molecule has 0 aromatic heterocycles. The van der Waals surface area contributed by atoms with Gasteiger partial charge in [0.1, 0.15) is 0 Å². The van der Waals surface area contributed by atoms with E-state index in [-0.39, 0.29) is 22.0 Å². The van der Waals surface area contributed by atoms with E-state index in [0.29, 0.717) is 13.2 Å². The van der Waals surface area contributed by atoms with Crippen LogP contribution in [-0.2, 0) is 30.4 Å². The molecule has 0 unspecified atom stereocenters. The highest BCUT2D eigenvalue weighted by atomic mass is 17.2. The summed E-state index contributed by atoms with van der Waals surface area (Å²) in [7, 11) is 0. The van der Waals surface area contributed by atoms with Crippen molar-refractivity contribution in [1.29, 1.82) is 0 Å². The van der Waals surface area contributed by atoms with Gasteiger partial charge >= 0.3 is 0 Å². The zero-order valence-electron chi connectivity index (χ0n) is 21.2. The Hall–Kier alpha value is -0.940. The third-order valence-electron chi connectivity index (χ3n) is 5.06. The lowest BCUT2D eigenvalue weighted by Gasteiger charge is -2.35. The fraction of sp³-hybridized carbons (Fsp3) is 0.769. The van der Waals surface area contributed by atoms with Crippen LogP contribution >= 0.6 is 0 Å². The van der Waals surface area contributed by atoms with Crippen molar-refractivity contribution in [2.45, 2.75) is 117 Å². The number of rotatable bonds is 12. The van der Waals surface area contributed by atoms with Crippen LogP contribution in [0.4, 0.5) is 0 Å². The highest BCUT2D eigenvalue weighted by Crippen LogP contribution is 2.38. The monoisotopic (exact) mass is 422 g/mol. The van der Waals surface area contributed by atoms with Gasteiger partial charge in [-0.1, -0.05) is 52.0 Å². The van der Waals surface area contributed by atoms with Crippen LogP contribution in [0, 0.1) is 0 Å². The first kappa shape index (κ1) is 27.1. The molecule has 0 fully saturated rings. The van der Waals surface area contributed by atoms with Crippen molar-refractivity contribution in [3.8, 4) is 0 Å². The normalized spacial score (nSPS) is 13.7. The third kappa shape index (κ3) is 10.4. The molecular formula is C26H46O4. The van der Waals surface area contributed by atoms with Crippen molar-refractivity contribution in [2.75, 3.05) is 13.2 Å². The Morgan fingerprint density at radius 2 is 0.900 bits per heavy atom. The van der Waals surface area contributed by atoms with Crippen molar-refractivity contribution in [1.82, 2.24) is 0 Å². The lowest BCUT2D eigenvalue weighted by atomic mass is 9.70. The summed E-state index contributed by atoms with van der Waals surface area (Å²) in [5, 5.41) is 0. The molecule has 1 aromatic rings. The average Bonchev–Trinajstić information content (AvgIpc) is 2.59. The maximum Gasteiger partial charge on any atom is 0.0952 e. The molecule has 0 amide bonds. The van der Waals surface area contributed by atoms with Gasteiger partial charge in [-0.05, 0) is 89.2 Å². The van der Waals surface area contributed by atoms with Crippen molar-refractivity contribution >= 4 is 0 Å². The van der Waals surface area contributed by atoms with Crippen LogP contribution in [0.15, 0.2) is 24.3 Å². The van der Waals surface area contributed by atoms with E-state index < -0.39 is 0 Å². The Kier molecular flexibility index (Phi) is 10.0. The molecule has 0 aliphatic heterocycles. The van der Waals surface area contributed by atoms with Gasteiger partial charge in [0.2, 0.25) is 0 Å². The summed E-state index contributed by atoms with van der Waals surface area (Å²) in [6.45, 7) is 22.5. The molecule has 0 bridgehead atoms. The minimum atomic E-state index is -0.270. The quantitative estimate of drug-likeness (QED) is 0.201. The summed E-state index contributed by atoms with van der Waals surface area (Å²) in [5.41, 5.74) is 2.41. The van der Waals surface area contributed by atoms with Gasteiger partial charge in [0.25, 0.3) is 0 Å². The van der Waals surface area contributed by atoms with Crippen LogP contribution in [0.1, 0.15) is 106 Å². The van der Waals surface area contributed by atoms with Gasteiger partial charge in [-0.25, -0.2) is 19.6 Å². The van der Waals surface area contributed by atoms with E-state index in [4.69, 9.17) is 19.6 Å². The lowest BCUT2D eigenvalue weighted by molar-refractivity contribution is -0.348. The zero-order chi connectivity index (χ0) is 23.1. The summed E-state index contributed by atoms with van der Waals surface area (Å²) >= 11 is 0.